The highest BCUT2D eigenvalue weighted by molar-refractivity contribution is 5.24. The number of nitrogens with one attached hydrogen (secondary N) is 1. The van der Waals surface area contributed by atoms with Gasteiger partial charge in [-0.05, 0) is 45.1 Å². The SMILES string of the molecule is Cc1cccc([C@@H](C)NC2CCOC3(CCCC3)C2)c1. The van der Waals surface area contributed by atoms with Crippen LogP contribution in [0.5, 0.6) is 0 Å². The van der Waals surface area contributed by atoms with Gasteiger partial charge in [0.1, 0.15) is 0 Å². The van der Waals surface area contributed by atoms with Gasteiger partial charge < -0.3 is 10.1 Å². The van der Waals surface area contributed by atoms with Crippen molar-refractivity contribution in [2.45, 2.75) is 70.1 Å². The summed E-state index contributed by atoms with van der Waals surface area (Å²) in [6.07, 6.45) is 7.58. The molecule has 1 saturated carbocycles. The van der Waals surface area contributed by atoms with E-state index in [2.05, 4.69) is 43.4 Å². The molecule has 2 aliphatic rings. The van der Waals surface area contributed by atoms with E-state index in [0.717, 1.165) is 13.0 Å². The maximum Gasteiger partial charge on any atom is 0.0697 e. The van der Waals surface area contributed by atoms with Gasteiger partial charge in [0.2, 0.25) is 0 Å². The third-order valence-corrected chi connectivity index (χ3v) is 5.04. The lowest BCUT2D eigenvalue weighted by atomic mass is 9.88. The summed E-state index contributed by atoms with van der Waals surface area (Å²) in [6, 6.07) is 9.88. The predicted octanol–water partition coefficient (Wildman–Crippen LogP) is 4.14. The van der Waals surface area contributed by atoms with Gasteiger partial charge >= 0.3 is 0 Å². The second kappa shape index (κ2) is 5.87. The summed E-state index contributed by atoms with van der Waals surface area (Å²) in [5.41, 5.74) is 2.95. The molecule has 1 aliphatic carbocycles. The van der Waals surface area contributed by atoms with E-state index >= 15 is 0 Å². The van der Waals surface area contributed by atoms with Crippen molar-refractivity contribution in [2.24, 2.45) is 0 Å². The second-order valence-corrected chi connectivity index (χ2v) is 6.73. The Hall–Kier alpha value is -0.860. The van der Waals surface area contributed by atoms with E-state index in [1.165, 1.54) is 43.2 Å². The Bertz CT molecular complexity index is 450. The van der Waals surface area contributed by atoms with Crippen LogP contribution in [-0.4, -0.2) is 18.2 Å². The van der Waals surface area contributed by atoms with Gasteiger partial charge in [-0.2, -0.15) is 0 Å². The molecule has 20 heavy (non-hydrogen) atoms. The van der Waals surface area contributed by atoms with E-state index in [9.17, 15) is 0 Å². The third-order valence-electron chi connectivity index (χ3n) is 5.04. The summed E-state index contributed by atoms with van der Waals surface area (Å²) in [6.45, 7) is 5.38. The minimum Gasteiger partial charge on any atom is -0.375 e. The largest absolute Gasteiger partial charge is 0.375 e. The molecule has 1 spiro atoms. The molecule has 0 radical (unpaired) electrons. The first-order valence-corrected chi connectivity index (χ1v) is 8.13. The maximum absolute atomic E-state index is 6.12. The molecule has 3 rings (SSSR count). The minimum atomic E-state index is 0.211. The molecule has 2 fully saturated rings. The zero-order valence-electron chi connectivity index (χ0n) is 12.8. The monoisotopic (exact) mass is 273 g/mol. The summed E-state index contributed by atoms with van der Waals surface area (Å²) in [7, 11) is 0. The number of benzene rings is 1. The molecule has 1 aromatic carbocycles. The third kappa shape index (κ3) is 3.07. The zero-order valence-corrected chi connectivity index (χ0v) is 12.8. The average Bonchev–Trinajstić information content (AvgIpc) is 2.87. The van der Waals surface area contributed by atoms with E-state index in [1.54, 1.807) is 0 Å². The van der Waals surface area contributed by atoms with Crippen molar-refractivity contribution in [3.05, 3.63) is 35.4 Å². The molecule has 2 heteroatoms. The van der Waals surface area contributed by atoms with Gasteiger partial charge in [-0.3, -0.25) is 0 Å². The van der Waals surface area contributed by atoms with Crippen molar-refractivity contribution in [1.82, 2.24) is 5.32 Å². The first-order valence-electron chi connectivity index (χ1n) is 8.13. The predicted molar refractivity (Wildman–Crippen MR) is 82.9 cm³/mol. The summed E-state index contributed by atoms with van der Waals surface area (Å²) in [5, 5.41) is 3.83. The van der Waals surface area contributed by atoms with E-state index in [4.69, 9.17) is 4.74 Å². The van der Waals surface area contributed by atoms with Crippen LogP contribution in [0.3, 0.4) is 0 Å². The molecule has 2 atom stereocenters. The van der Waals surface area contributed by atoms with Gasteiger partial charge in [0.25, 0.3) is 0 Å². The number of rotatable bonds is 3. The van der Waals surface area contributed by atoms with Crippen molar-refractivity contribution in [1.29, 1.82) is 0 Å². The molecule has 1 unspecified atom stereocenters. The van der Waals surface area contributed by atoms with Crippen LogP contribution in [0.4, 0.5) is 0 Å². The highest BCUT2D eigenvalue weighted by atomic mass is 16.5. The fourth-order valence-corrected chi connectivity index (χ4v) is 3.93. The number of ether oxygens (including phenoxy) is 1. The van der Waals surface area contributed by atoms with E-state index in [-0.39, 0.29) is 5.60 Å². The van der Waals surface area contributed by atoms with Crippen LogP contribution in [0.25, 0.3) is 0 Å². The Morgan fingerprint density at radius 2 is 2.10 bits per heavy atom. The molecular weight excluding hydrogens is 246 g/mol. The maximum atomic E-state index is 6.12. The minimum absolute atomic E-state index is 0.211. The Morgan fingerprint density at radius 3 is 2.85 bits per heavy atom. The topological polar surface area (TPSA) is 21.3 Å². The second-order valence-electron chi connectivity index (χ2n) is 6.73. The Balaban J connectivity index is 1.62. The molecule has 2 nitrogen and oxygen atoms in total. The van der Waals surface area contributed by atoms with Gasteiger partial charge in [0, 0.05) is 18.7 Å². The molecular formula is C18H27NO. The van der Waals surface area contributed by atoms with Gasteiger partial charge in [0.15, 0.2) is 0 Å². The highest BCUT2D eigenvalue weighted by Gasteiger charge is 2.40. The fraction of sp³-hybridized carbons (Fsp3) is 0.667. The van der Waals surface area contributed by atoms with Crippen LogP contribution in [0.2, 0.25) is 0 Å². The van der Waals surface area contributed by atoms with Crippen molar-refractivity contribution in [2.75, 3.05) is 6.61 Å². The van der Waals surface area contributed by atoms with Crippen LogP contribution in [0.1, 0.15) is 62.6 Å². The molecule has 1 aromatic rings. The smallest absolute Gasteiger partial charge is 0.0697 e. The first kappa shape index (κ1) is 14.1. The standard InChI is InChI=1S/C18H27NO/c1-14-6-5-7-16(12-14)15(2)19-17-8-11-20-18(13-17)9-3-4-10-18/h5-7,12,15,17,19H,3-4,8-11,13H2,1-2H3/t15-,17?/m1/s1. The van der Waals surface area contributed by atoms with Crippen molar-refractivity contribution >= 4 is 0 Å². The van der Waals surface area contributed by atoms with Gasteiger partial charge in [-0.1, -0.05) is 42.7 Å². The van der Waals surface area contributed by atoms with Crippen molar-refractivity contribution < 1.29 is 4.74 Å². The molecule has 1 saturated heterocycles. The van der Waals surface area contributed by atoms with Crippen LogP contribution < -0.4 is 5.32 Å². The summed E-state index contributed by atoms with van der Waals surface area (Å²) >= 11 is 0. The van der Waals surface area contributed by atoms with Crippen LogP contribution >= 0.6 is 0 Å². The Labute approximate surface area is 122 Å². The Morgan fingerprint density at radius 1 is 1.30 bits per heavy atom. The lowest BCUT2D eigenvalue weighted by Gasteiger charge is -2.39. The summed E-state index contributed by atoms with van der Waals surface area (Å²) in [5.74, 6) is 0. The van der Waals surface area contributed by atoms with E-state index in [0.29, 0.717) is 12.1 Å². The lowest BCUT2D eigenvalue weighted by molar-refractivity contribution is -0.0846. The molecule has 0 aromatic heterocycles. The average molecular weight is 273 g/mol. The fourth-order valence-electron chi connectivity index (χ4n) is 3.93. The quantitative estimate of drug-likeness (QED) is 0.893. The molecule has 1 heterocycles. The lowest BCUT2D eigenvalue weighted by Crippen LogP contribution is -2.46. The van der Waals surface area contributed by atoms with E-state index in [1.807, 2.05) is 0 Å². The first-order chi connectivity index (χ1) is 9.67. The number of hydrogen-bond acceptors (Lipinski definition) is 2. The normalized spacial score (nSPS) is 26.8. The Kier molecular flexibility index (Phi) is 4.13. The summed E-state index contributed by atoms with van der Waals surface area (Å²) < 4.78 is 6.12. The van der Waals surface area contributed by atoms with Crippen LogP contribution in [0.15, 0.2) is 24.3 Å². The molecule has 110 valence electrons. The summed E-state index contributed by atoms with van der Waals surface area (Å²) in [4.78, 5) is 0. The zero-order chi connectivity index (χ0) is 14.0. The van der Waals surface area contributed by atoms with Gasteiger partial charge in [0.05, 0.1) is 5.60 Å². The van der Waals surface area contributed by atoms with Crippen molar-refractivity contribution in [3.63, 3.8) is 0 Å². The number of hydrogen-bond donors (Lipinski definition) is 1. The molecule has 1 aliphatic heterocycles. The van der Waals surface area contributed by atoms with Crippen molar-refractivity contribution in [3.8, 4) is 0 Å². The number of aryl methyl sites for hydroxylation is 1. The highest BCUT2D eigenvalue weighted by Crippen LogP contribution is 2.40. The van der Waals surface area contributed by atoms with E-state index < -0.39 is 0 Å². The van der Waals surface area contributed by atoms with Gasteiger partial charge in [-0.25, -0.2) is 0 Å². The molecule has 0 amide bonds. The van der Waals surface area contributed by atoms with Gasteiger partial charge in [-0.15, -0.1) is 0 Å². The molecule has 0 bridgehead atoms. The van der Waals surface area contributed by atoms with Crippen LogP contribution in [0, 0.1) is 6.92 Å². The van der Waals surface area contributed by atoms with Crippen LogP contribution in [-0.2, 0) is 4.74 Å². The molecule has 1 N–H and O–H groups in total.